The minimum absolute atomic E-state index is 0.145. The molecule has 0 N–H and O–H groups in total. The highest BCUT2D eigenvalue weighted by molar-refractivity contribution is 7.87. The maximum absolute atomic E-state index is 13.3. The van der Waals surface area contributed by atoms with Gasteiger partial charge in [0.15, 0.2) is 0 Å². The van der Waals surface area contributed by atoms with Crippen LogP contribution in [0.1, 0.15) is 38.2 Å². The van der Waals surface area contributed by atoms with Crippen molar-refractivity contribution in [2.45, 2.75) is 44.8 Å². The smallest absolute Gasteiger partial charge is 0.358 e. The fourth-order valence-electron chi connectivity index (χ4n) is 2.54. The van der Waals surface area contributed by atoms with E-state index in [9.17, 15) is 17.2 Å². The maximum Gasteiger partial charge on any atom is 0.358 e. The molecule has 0 aliphatic rings. The summed E-state index contributed by atoms with van der Waals surface area (Å²) >= 11 is 0. The SMILES string of the molecule is CCn1c(CN=[N+]=[N-])nc(S(=O)(=O)Oc2cc(F)cc(F)c2)c1C(C)C. The number of benzene rings is 1. The van der Waals surface area contributed by atoms with Gasteiger partial charge in [-0.15, -0.1) is 0 Å². The zero-order chi connectivity index (χ0) is 19.5. The first kappa shape index (κ1) is 19.7. The van der Waals surface area contributed by atoms with Crippen molar-refractivity contribution in [3.8, 4) is 5.75 Å². The maximum atomic E-state index is 13.3. The first-order valence-corrected chi connectivity index (χ1v) is 9.11. The van der Waals surface area contributed by atoms with Gasteiger partial charge in [-0.2, -0.15) is 8.42 Å². The van der Waals surface area contributed by atoms with Gasteiger partial charge in [-0.1, -0.05) is 19.0 Å². The van der Waals surface area contributed by atoms with Crippen LogP contribution in [-0.2, 0) is 23.2 Å². The van der Waals surface area contributed by atoms with Crippen LogP contribution in [0.25, 0.3) is 10.4 Å². The van der Waals surface area contributed by atoms with Gasteiger partial charge in [0.25, 0.3) is 0 Å². The summed E-state index contributed by atoms with van der Waals surface area (Å²) in [5.41, 5.74) is 8.84. The van der Waals surface area contributed by atoms with Crippen LogP contribution in [-0.4, -0.2) is 18.0 Å². The van der Waals surface area contributed by atoms with E-state index in [1.807, 2.05) is 0 Å². The Kier molecular flexibility index (Phi) is 5.83. The molecule has 0 saturated heterocycles. The zero-order valence-electron chi connectivity index (χ0n) is 14.3. The highest BCUT2D eigenvalue weighted by Gasteiger charge is 2.30. The van der Waals surface area contributed by atoms with Gasteiger partial charge in [-0.25, -0.2) is 13.8 Å². The fourth-order valence-corrected chi connectivity index (χ4v) is 3.79. The van der Waals surface area contributed by atoms with Crippen molar-refractivity contribution in [3.63, 3.8) is 0 Å². The van der Waals surface area contributed by atoms with Gasteiger partial charge >= 0.3 is 10.1 Å². The van der Waals surface area contributed by atoms with Crippen molar-refractivity contribution in [2.24, 2.45) is 5.11 Å². The summed E-state index contributed by atoms with van der Waals surface area (Å²) in [6.07, 6.45) is 0. The van der Waals surface area contributed by atoms with Crippen LogP contribution >= 0.6 is 0 Å². The van der Waals surface area contributed by atoms with Crippen molar-refractivity contribution >= 4 is 10.1 Å². The molecule has 26 heavy (non-hydrogen) atoms. The summed E-state index contributed by atoms with van der Waals surface area (Å²) in [7, 11) is -4.46. The van der Waals surface area contributed by atoms with Crippen molar-refractivity contribution < 1.29 is 21.4 Å². The van der Waals surface area contributed by atoms with Gasteiger partial charge in [0.1, 0.15) is 23.2 Å². The van der Waals surface area contributed by atoms with E-state index in [2.05, 4.69) is 15.0 Å². The Morgan fingerprint density at radius 3 is 2.42 bits per heavy atom. The highest BCUT2D eigenvalue weighted by Crippen LogP contribution is 2.28. The van der Waals surface area contributed by atoms with Crippen molar-refractivity contribution in [1.82, 2.24) is 9.55 Å². The van der Waals surface area contributed by atoms with Gasteiger partial charge < -0.3 is 8.75 Å². The number of rotatable bonds is 7. The summed E-state index contributed by atoms with van der Waals surface area (Å²) in [4.78, 5) is 6.70. The topological polar surface area (TPSA) is 110 Å². The largest absolute Gasteiger partial charge is 0.378 e. The van der Waals surface area contributed by atoms with E-state index in [0.717, 1.165) is 12.1 Å². The predicted octanol–water partition coefficient (Wildman–Crippen LogP) is 3.88. The minimum Gasteiger partial charge on any atom is -0.378 e. The van der Waals surface area contributed by atoms with Gasteiger partial charge in [-0.3, -0.25) is 0 Å². The number of imidazole rings is 1. The van der Waals surface area contributed by atoms with E-state index >= 15 is 0 Å². The van der Waals surface area contributed by atoms with E-state index in [1.54, 1.807) is 25.3 Å². The zero-order valence-corrected chi connectivity index (χ0v) is 15.2. The average molecular weight is 385 g/mol. The molecule has 0 bridgehead atoms. The Hall–Kier alpha value is -2.65. The van der Waals surface area contributed by atoms with Gasteiger partial charge in [0.2, 0.25) is 5.03 Å². The second-order valence-corrected chi connectivity index (χ2v) is 7.11. The third-order valence-corrected chi connectivity index (χ3v) is 4.66. The fraction of sp³-hybridized carbons (Fsp3) is 0.400. The third-order valence-electron chi connectivity index (χ3n) is 3.47. The molecule has 1 heterocycles. The summed E-state index contributed by atoms with van der Waals surface area (Å²) in [5, 5.41) is 3.04. The number of aromatic nitrogens is 2. The third kappa shape index (κ3) is 4.12. The molecule has 2 aromatic rings. The Morgan fingerprint density at radius 2 is 1.92 bits per heavy atom. The molecule has 11 heteroatoms. The van der Waals surface area contributed by atoms with Crippen molar-refractivity contribution in [3.05, 3.63) is 51.8 Å². The lowest BCUT2D eigenvalue weighted by Crippen LogP contribution is -2.15. The summed E-state index contributed by atoms with van der Waals surface area (Å²) in [5.74, 6) is -2.44. The predicted molar refractivity (Wildman–Crippen MR) is 89.0 cm³/mol. The molecule has 8 nitrogen and oxygen atoms in total. The number of halogens is 2. The van der Waals surface area contributed by atoms with Crippen LogP contribution in [0.4, 0.5) is 8.78 Å². The second kappa shape index (κ2) is 7.71. The molecule has 0 saturated carbocycles. The molecular formula is C15H17F2N5O3S. The Morgan fingerprint density at radius 1 is 1.31 bits per heavy atom. The Balaban J connectivity index is 2.57. The molecule has 1 aromatic carbocycles. The second-order valence-electron chi connectivity index (χ2n) is 5.65. The molecule has 0 radical (unpaired) electrons. The van der Waals surface area contributed by atoms with Gasteiger partial charge in [0, 0.05) is 29.7 Å². The van der Waals surface area contributed by atoms with Crippen LogP contribution in [0, 0.1) is 11.6 Å². The number of hydrogen-bond acceptors (Lipinski definition) is 5. The van der Waals surface area contributed by atoms with E-state index < -0.39 is 27.5 Å². The summed E-state index contributed by atoms with van der Waals surface area (Å²) in [6, 6.07) is 2.11. The molecular weight excluding hydrogens is 368 g/mol. The van der Waals surface area contributed by atoms with Crippen LogP contribution in [0.15, 0.2) is 28.3 Å². The molecule has 2 rings (SSSR count). The van der Waals surface area contributed by atoms with Gasteiger partial charge in [0.05, 0.1) is 12.2 Å². The molecule has 0 fully saturated rings. The molecule has 0 spiro atoms. The molecule has 0 aliphatic heterocycles. The van der Waals surface area contributed by atoms with E-state index in [-0.39, 0.29) is 23.3 Å². The number of hydrogen-bond donors (Lipinski definition) is 0. The molecule has 0 atom stereocenters. The first-order chi connectivity index (χ1) is 12.2. The first-order valence-electron chi connectivity index (χ1n) is 7.70. The quantitative estimate of drug-likeness (QED) is 0.312. The average Bonchev–Trinajstić information content (AvgIpc) is 2.91. The monoisotopic (exact) mass is 385 g/mol. The van der Waals surface area contributed by atoms with E-state index in [1.165, 1.54) is 0 Å². The van der Waals surface area contributed by atoms with E-state index in [0.29, 0.717) is 18.3 Å². The van der Waals surface area contributed by atoms with Crippen molar-refractivity contribution in [2.75, 3.05) is 0 Å². The van der Waals surface area contributed by atoms with Crippen LogP contribution < -0.4 is 4.18 Å². The molecule has 0 unspecified atom stereocenters. The standard InChI is InChI=1S/C15H17F2N5O3S/c1-4-22-13(8-19-21-18)20-15(14(22)9(2)3)26(23,24)25-12-6-10(16)5-11(17)7-12/h5-7,9H,4,8H2,1-3H3. The molecule has 1 aromatic heterocycles. The lowest BCUT2D eigenvalue weighted by molar-refractivity contribution is 0.473. The summed E-state index contributed by atoms with van der Waals surface area (Å²) in [6.45, 7) is 5.56. The lowest BCUT2D eigenvalue weighted by Gasteiger charge is -2.13. The van der Waals surface area contributed by atoms with Crippen LogP contribution in [0.2, 0.25) is 0 Å². The molecule has 140 valence electrons. The highest BCUT2D eigenvalue weighted by atomic mass is 32.2. The minimum atomic E-state index is -4.46. The normalized spacial score (nSPS) is 11.5. The molecule has 0 amide bonds. The number of azide groups is 1. The van der Waals surface area contributed by atoms with Crippen LogP contribution in [0.5, 0.6) is 5.75 Å². The Bertz CT molecular complexity index is 946. The summed E-state index contributed by atoms with van der Waals surface area (Å²) < 4.78 is 58.4. The van der Waals surface area contributed by atoms with Crippen molar-refractivity contribution in [1.29, 1.82) is 0 Å². The number of nitrogens with zero attached hydrogens (tertiary/aromatic N) is 5. The molecule has 0 aliphatic carbocycles. The Labute approximate surface area is 149 Å². The van der Waals surface area contributed by atoms with Gasteiger partial charge in [-0.05, 0) is 18.4 Å². The van der Waals surface area contributed by atoms with E-state index in [4.69, 9.17) is 9.71 Å². The van der Waals surface area contributed by atoms with Crippen LogP contribution in [0.3, 0.4) is 0 Å². The lowest BCUT2D eigenvalue weighted by atomic mass is 10.1.